The van der Waals surface area contributed by atoms with E-state index in [9.17, 15) is 4.79 Å². The van der Waals surface area contributed by atoms with Crippen LogP contribution in [0.4, 0.5) is 0 Å². The van der Waals surface area contributed by atoms with Crippen molar-refractivity contribution in [1.82, 2.24) is 4.90 Å². The number of alkyl halides is 1. The molecule has 1 amide bonds. The fourth-order valence-corrected chi connectivity index (χ4v) is 2.93. The van der Waals surface area contributed by atoms with Crippen LogP contribution in [-0.4, -0.2) is 44.0 Å². The molecule has 110 valence electrons. The number of amides is 1. The molecule has 0 bridgehead atoms. The lowest BCUT2D eigenvalue weighted by atomic mass is 9.84. The number of carbonyl (C=O) groups is 1. The maximum atomic E-state index is 12.4. The van der Waals surface area contributed by atoms with Crippen LogP contribution in [0.1, 0.15) is 23.2 Å². The Labute approximate surface area is 124 Å². The first-order valence-corrected chi connectivity index (χ1v) is 7.09. The van der Waals surface area contributed by atoms with Crippen molar-refractivity contribution in [3.63, 3.8) is 0 Å². The molecular weight excluding hydrogens is 278 g/mol. The first kappa shape index (κ1) is 15.0. The van der Waals surface area contributed by atoms with E-state index in [0.29, 0.717) is 23.0 Å². The summed E-state index contributed by atoms with van der Waals surface area (Å²) in [6.45, 7) is 0.738. The van der Waals surface area contributed by atoms with Crippen molar-refractivity contribution < 1.29 is 14.3 Å². The summed E-state index contributed by atoms with van der Waals surface area (Å²) < 4.78 is 10.4. The van der Waals surface area contributed by atoms with Crippen LogP contribution in [0.15, 0.2) is 18.2 Å². The lowest BCUT2D eigenvalue weighted by Gasteiger charge is -2.34. The number of nitrogens with zero attached hydrogens (tertiary/aromatic N) is 1. The number of hydrogen-bond donors (Lipinski definition) is 0. The van der Waals surface area contributed by atoms with E-state index in [1.165, 1.54) is 0 Å². The molecule has 1 aromatic rings. The zero-order valence-corrected chi connectivity index (χ0v) is 12.8. The summed E-state index contributed by atoms with van der Waals surface area (Å²) in [4.78, 5) is 14.2. The molecule has 1 fully saturated rings. The molecule has 20 heavy (non-hydrogen) atoms. The van der Waals surface area contributed by atoms with Gasteiger partial charge in [-0.2, -0.15) is 0 Å². The molecular formula is C15H20ClNO3. The molecule has 0 spiro atoms. The molecule has 1 saturated carbocycles. The minimum absolute atomic E-state index is 0.0276. The van der Waals surface area contributed by atoms with Crippen LogP contribution >= 0.6 is 11.6 Å². The van der Waals surface area contributed by atoms with Gasteiger partial charge in [0.25, 0.3) is 5.91 Å². The second kappa shape index (κ2) is 6.35. The Morgan fingerprint density at radius 2 is 1.80 bits per heavy atom. The molecule has 0 unspecified atom stereocenters. The van der Waals surface area contributed by atoms with E-state index in [1.807, 2.05) is 7.05 Å². The Hall–Kier alpha value is -1.42. The SMILES string of the molecule is COc1cc(OC)cc(C(=O)N(C)CC2CC(Cl)C2)c1. The van der Waals surface area contributed by atoms with Crippen LogP contribution in [0.25, 0.3) is 0 Å². The van der Waals surface area contributed by atoms with Crippen molar-refractivity contribution in [3.05, 3.63) is 23.8 Å². The van der Waals surface area contributed by atoms with Gasteiger partial charge in [-0.15, -0.1) is 11.6 Å². The molecule has 1 aliphatic rings. The third-order valence-electron chi connectivity index (χ3n) is 3.66. The summed E-state index contributed by atoms with van der Waals surface area (Å²) >= 11 is 5.97. The predicted octanol–water partition coefficient (Wildman–Crippen LogP) is 2.79. The first-order chi connectivity index (χ1) is 9.53. The van der Waals surface area contributed by atoms with Gasteiger partial charge in [0.1, 0.15) is 11.5 Å². The maximum absolute atomic E-state index is 12.4. The van der Waals surface area contributed by atoms with Gasteiger partial charge in [0.2, 0.25) is 0 Å². The largest absolute Gasteiger partial charge is 0.497 e. The fourth-order valence-electron chi connectivity index (χ4n) is 2.42. The Balaban J connectivity index is 2.07. The molecule has 0 saturated heterocycles. The molecule has 2 rings (SSSR count). The molecule has 1 aliphatic carbocycles. The zero-order chi connectivity index (χ0) is 14.7. The summed E-state index contributed by atoms with van der Waals surface area (Å²) in [5.74, 6) is 1.72. The lowest BCUT2D eigenvalue weighted by Crippen LogP contribution is -2.37. The highest BCUT2D eigenvalue weighted by atomic mass is 35.5. The topological polar surface area (TPSA) is 38.8 Å². The molecule has 1 aromatic carbocycles. The van der Waals surface area contributed by atoms with Gasteiger partial charge in [-0.05, 0) is 30.9 Å². The normalized spacial score (nSPS) is 21.0. The lowest BCUT2D eigenvalue weighted by molar-refractivity contribution is 0.0746. The first-order valence-electron chi connectivity index (χ1n) is 6.66. The quantitative estimate of drug-likeness (QED) is 0.785. The van der Waals surface area contributed by atoms with Gasteiger partial charge in [0.05, 0.1) is 14.2 Å². The number of ether oxygens (including phenoxy) is 2. The Morgan fingerprint density at radius 3 is 2.25 bits per heavy atom. The Kier molecular flexibility index (Phi) is 4.76. The molecule has 4 nitrogen and oxygen atoms in total. The van der Waals surface area contributed by atoms with E-state index >= 15 is 0 Å². The Morgan fingerprint density at radius 1 is 1.25 bits per heavy atom. The number of rotatable bonds is 5. The number of carbonyl (C=O) groups excluding carboxylic acids is 1. The van der Waals surface area contributed by atoms with E-state index < -0.39 is 0 Å². The van der Waals surface area contributed by atoms with Gasteiger partial charge in [-0.3, -0.25) is 4.79 Å². The monoisotopic (exact) mass is 297 g/mol. The van der Waals surface area contributed by atoms with E-state index in [4.69, 9.17) is 21.1 Å². The standard InChI is InChI=1S/C15H20ClNO3/c1-17(9-10-4-12(16)5-10)15(18)11-6-13(19-2)8-14(7-11)20-3/h6-8,10,12H,4-5,9H2,1-3H3. The zero-order valence-electron chi connectivity index (χ0n) is 12.1. The van der Waals surface area contributed by atoms with Crippen LogP contribution in [-0.2, 0) is 0 Å². The van der Waals surface area contributed by atoms with Gasteiger partial charge >= 0.3 is 0 Å². The molecule has 0 aromatic heterocycles. The summed E-state index contributed by atoms with van der Waals surface area (Å²) in [6.07, 6.45) is 1.97. The summed E-state index contributed by atoms with van der Waals surface area (Å²) in [6, 6.07) is 5.21. The summed E-state index contributed by atoms with van der Waals surface area (Å²) in [7, 11) is 4.96. The van der Waals surface area contributed by atoms with Crippen molar-refractivity contribution in [3.8, 4) is 11.5 Å². The van der Waals surface area contributed by atoms with Crippen molar-refractivity contribution >= 4 is 17.5 Å². The van der Waals surface area contributed by atoms with Crippen molar-refractivity contribution in [2.45, 2.75) is 18.2 Å². The molecule has 0 heterocycles. The maximum Gasteiger partial charge on any atom is 0.253 e. The highest BCUT2D eigenvalue weighted by Gasteiger charge is 2.29. The van der Waals surface area contributed by atoms with Crippen molar-refractivity contribution in [2.75, 3.05) is 27.8 Å². The van der Waals surface area contributed by atoms with Crippen molar-refractivity contribution in [2.24, 2.45) is 5.92 Å². The summed E-state index contributed by atoms with van der Waals surface area (Å²) in [5.41, 5.74) is 0.574. The molecule has 5 heteroatoms. The number of halogens is 1. The predicted molar refractivity (Wildman–Crippen MR) is 78.9 cm³/mol. The summed E-state index contributed by atoms with van der Waals surface area (Å²) in [5, 5.41) is 0.278. The average Bonchev–Trinajstić information content (AvgIpc) is 2.43. The third kappa shape index (κ3) is 3.37. The van der Waals surface area contributed by atoms with Gasteiger partial charge in [0, 0.05) is 30.6 Å². The molecule has 0 radical (unpaired) electrons. The molecule has 0 N–H and O–H groups in total. The number of hydrogen-bond acceptors (Lipinski definition) is 3. The van der Waals surface area contributed by atoms with Gasteiger partial charge in [0.15, 0.2) is 0 Å². The molecule has 0 atom stereocenters. The number of methoxy groups -OCH3 is 2. The van der Waals surface area contributed by atoms with Crippen LogP contribution in [0.5, 0.6) is 11.5 Å². The second-order valence-electron chi connectivity index (χ2n) is 5.22. The number of benzene rings is 1. The minimum atomic E-state index is -0.0276. The smallest absolute Gasteiger partial charge is 0.253 e. The van der Waals surface area contributed by atoms with Crippen LogP contribution in [0, 0.1) is 5.92 Å². The average molecular weight is 298 g/mol. The van der Waals surface area contributed by atoms with Gasteiger partial charge in [-0.25, -0.2) is 0 Å². The van der Waals surface area contributed by atoms with E-state index in [1.54, 1.807) is 37.3 Å². The minimum Gasteiger partial charge on any atom is -0.497 e. The third-order valence-corrected chi connectivity index (χ3v) is 4.01. The second-order valence-corrected chi connectivity index (χ2v) is 5.84. The highest BCUT2D eigenvalue weighted by Crippen LogP contribution is 2.32. The van der Waals surface area contributed by atoms with E-state index in [2.05, 4.69) is 0 Å². The van der Waals surface area contributed by atoms with Gasteiger partial charge < -0.3 is 14.4 Å². The van der Waals surface area contributed by atoms with Crippen molar-refractivity contribution in [1.29, 1.82) is 0 Å². The van der Waals surface area contributed by atoms with Gasteiger partial charge in [-0.1, -0.05) is 0 Å². The highest BCUT2D eigenvalue weighted by molar-refractivity contribution is 6.21. The van der Waals surface area contributed by atoms with E-state index in [-0.39, 0.29) is 11.3 Å². The Bertz CT molecular complexity index is 464. The molecule has 0 aliphatic heterocycles. The van der Waals surface area contributed by atoms with E-state index in [0.717, 1.165) is 19.4 Å². The fraction of sp³-hybridized carbons (Fsp3) is 0.533. The van der Waals surface area contributed by atoms with Crippen LogP contribution in [0.2, 0.25) is 0 Å². The van der Waals surface area contributed by atoms with Crippen LogP contribution in [0.3, 0.4) is 0 Å². The van der Waals surface area contributed by atoms with Crippen LogP contribution < -0.4 is 9.47 Å².